The normalized spacial score (nSPS) is 12.1. The highest BCUT2D eigenvalue weighted by Crippen LogP contribution is 2.28. The van der Waals surface area contributed by atoms with Crippen molar-refractivity contribution in [2.24, 2.45) is 0 Å². The molecule has 0 bridgehead atoms. The number of esters is 1. The Morgan fingerprint density at radius 1 is 1.29 bits per heavy atom. The number of carbonyl (C=O) groups excluding carboxylic acids is 2. The van der Waals surface area contributed by atoms with Crippen LogP contribution in [-0.2, 0) is 9.53 Å². The number of para-hydroxylation sites is 1. The fourth-order valence-electron chi connectivity index (χ4n) is 2.15. The quantitative estimate of drug-likeness (QED) is 0.664. The summed E-state index contributed by atoms with van der Waals surface area (Å²) in [5, 5.41) is 0.837. The lowest BCUT2D eigenvalue weighted by Crippen LogP contribution is -2.33. The molecule has 0 aliphatic carbocycles. The summed E-state index contributed by atoms with van der Waals surface area (Å²) in [6, 6.07) is 10.7. The predicted octanol–water partition coefficient (Wildman–Crippen LogP) is 3.27. The topological polar surface area (TPSA) is 72.6 Å². The van der Waals surface area contributed by atoms with Crippen LogP contribution in [0.1, 0.15) is 28.5 Å². The van der Waals surface area contributed by atoms with Crippen molar-refractivity contribution in [1.29, 1.82) is 0 Å². The molecule has 6 nitrogen and oxygen atoms in total. The highest BCUT2D eigenvalue weighted by molar-refractivity contribution is 7.18. The Bertz CT molecular complexity index is 823. The maximum atomic E-state index is 12.2. The first-order valence-electron chi connectivity index (χ1n) is 7.38. The van der Waals surface area contributed by atoms with Gasteiger partial charge in [0.05, 0.1) is 22.5 Å². The van der Waals surface area contributed by atoms with E-state index in [2.05, 4.69) is 4.98 Å². The summed E-state index contributed by atoms with van der Waals surface area (Å²) < 4.78 is 11.0. The average molecular weight is 344 g/mol. The number of aromatic nitrogens is 1. The first-order chi connectivity index (χ1) is 11.6. The second kappa shape index (κ2) is 6.84. The molecule has 0 aliphatic heterocycles. The summed E-state index contributed by atoms with van der Waals surface area (Å²) in [6.07, 6.45) is 1.37. The van der Waals surface area contributed by atoms with Gasteiger partial charge in [0.2, 0.25) is 5.76 Å². The lowest BCUT2D eigenvalue weighted by molar-refractivity contribution is -0.135. The van der Waals surface area contributed by atoms with Crippen molar-refractivity contribution in [3.8, 4) is 0 Å². The Morgan fingerprint density at radius 3 is 2.79 bits per heavy atom. The number of thiazole rings is 1. The van der Waals surface area contributed by atoms with Crippen LogP contribution in [0.3, 0.4) is 0 Å². The molecule has 3 rings (SSSR count). The Hall–Kier alpha value is -2.67. The van der Waals surface area contributed by atoms with Crippen molar-refractivity contribution in [2.75, 3.05) is 13.7 Å². The van der Waals surface area contributed by atoms with Crippen LogP contribution in [0.25, 0.3) is 10.2 Å². The van der Waals surface area contributed by atoms with Gasteiger partial charge in [0.1, 0.15) is 5.01 Å². The molecule has 0 fully saturated rings. The van der Waals surface area contributed by atoms with Crippen LogP contribution in [0.4, 0.5) is 0 Å². The third-order valence-corrected chi connectivity index (χ3v) is 4.90. The minimum absolute atomic E-state index is 0.0738. The molecule has 2 heterocycles. The van der Waals surface area contributed by atoms with Crippen LogP contribution in [-0.4, -0.2) is 35.4 Å². The molecule has 0 saturated carbocycles. The van der Waals surface area contributed by atoms with Crippen molar-refractivity contribution >= 4 is 33.4 Å². The van der Waals surface area contributed by atoms with Crippen LogP contribution in [0.15, 0.2) is 47.1 Å². The molecule has 0 N–H and O–H groups in total. The molecule has 0 radical (unpaired) electrons. The van der Waals surface area contributed by atoms with E-state index in [0.717, 1.165) is 15.2 Å². The van der Waals surface area contributed by atoms with Gasteiger partial charge in [-0.05, 0) is 31.2 Å². The molecule has 7 heteroatoms. The van der Waals surface area contributed by atoms with Crippen LogP contribution in [0, 0.1) is 0 Å². The molecule has 0 saturated heterocycles. The number of hydrogen-bond donors (Lipinski definition) is 0. The number of likely N-dealkylation sites (N-methyl/N-ethyl adjacent to an activating group) is 1. The van der Waals surface area contributed by atoms with Gasteiger partial charge in [0.25, 0.3) is 5.91 Å². The van der Waals surface area contributed by atoms with Crippen molar-refractivity contribution in [1.82, 2.24) is 9.88 Å². The summed E-state index contributed by atoms with van der Waals surface area (Å²) in [6.45, 7) is 1.55. The lowest BCUT2D eigenvalue weighted by Gasteiger charge is -2.22. The van der Waals surface area contributed by atoms with E-state index < -0.39 is 5.97 Å². The van der Waals surface area contributed by atoms with Gasteiger partial charge in [-0.25, -0.2) is 9.78 Å². The maximum absolute atomic E-state index is 12.2. The van der Waals surface area contributed by atoms with Gasteiger partial charge in [-0.15, -0.1) is 11.3 Å². The number of benzene rings is 1. The zero-order valence-electron chi connectivity index (χ0n) is 13.3. The van der Waals surface area contributed by atoms with Gasteiger partial charge in [-0.1, -0.05) is 12.1 Å². The zero-order valence-corrected chi connectivity index (χ0v) is 14.1. The van der Waals surface area contributed by atoms with E-state index in [1.54, 1.807) is 24.5 Å². The number of ether oxygens (including phenoxy) is 1. The fraction of sp³-hybridized carbons (Fsp3) is 0.235. The number of amides is 1. The molecule has 24 heavy (non-hydrogen) atoms. The van der Waals surface area contributed by atoms with Crippen molar-refractivity contribution in [3.63, 3.8) is 0 Å². The molecular formula is C17H16N2O4S. The molecule has 0 aliphatic rings. The van der Waals surface area contributed by atoms with Crippen molar-refractivity contribution in [3.05, 3.63) is 53.4 Å². The molecule has 3 aromatic rings. The Labute approximate surface area is 142 Å². The highest BCUT2D eigenvalue weighted by Gasteiger charge is 2.22. The Morgan fingerprint density at radius 2 is 2.08 bits per heavy atom. The van der Waals surface area contributed by atoms with Crippen molar-refractivity contribution < 1.29 is 18.7 Å². The molecule has 1 amide bonds. The second-order valence-corrected chi connectivity index (χ2v) is 6.32. The van der Waals surface area contributed by atoms with E-state index in [9.17, 15) is 9.59 Å². The van der Waals surface area contributed by atoms with E-state index in [-0.39, 0.29) is 24.3 Å². The number of fused-ring (bicyclic) bond motifs is 1. The molecule has 124 valence electrons. The number of rotatable bonds is 5. The van der Waals surface area contributed by atoms with Gasteiger partial charge in [0, 0.05) is 7.05 Å². The van der Waals surface area contributed by atoms with E-state index in [1.165, 1.54) is 17.2 Å². The lowest BCUT2D eigenvalue weighted by atomic mass is 10.3. The number of carbonyl (C=O) groups is 2. The SMILES string of the molecule is C[C@@H](c1nc2ccccc2s1)N(C)C(=O)COC(=O)c1ccco1. The number of hydrogen-bond acceptors (Lipinski definition) is 6. The van der Waals surface area contributed by atoms with Crippen LogP contribution < -0.4 is 0 Å². The van der Waals surface area contributed by atoms with Crippen molar-refractivity contribution in [2.45, 2.75) is 13.0 Å². The molecule has 1 atom stereocenters. The predicted molar refractivity (Wildman–Crippen MR) is 89.8 cm³/mol. The second-order valence-electron chi connectivity index (χ2n) is 5.25. The number of furan rings is 1. The minimum atomic E-state index is -0.658. The summed E-state index contributed by atoms with van der Waals surface area (Å²) in [5.41, 5.74) is 0.912. The van der Waals surface area contributed by atoms with Gasteiger partial charge in [-0.2, -0.15) is 0 Å². The average Bonchev–Trinajstić information content (AvgIpc) is 3.26. The summed E-state index contributed by atoms with van der Waals surface area (Å²) in [7, 11) is 1.67. The molecule has 2 aromatic heterocycles. The molecule has 0 unspecified atom stereocenters. The highest BCUT2D eigenvalue weighted by atomic mass is 32.1. The smallest absolute Gasteiger partial charge is 0.374 e. The fourth-order valence-corrected chi connectivity index (χ4v) is 3.21. The monoisotopic (exact) mass is 344 g/mol. The first-order valence-corrected chi connectivity index (χ1v) is 8.19. The zero-order chi connectivity index (χ0) is 17.1. The van der Waals surface area contributed by atoms with Crippen LogP contribution in [0.5, 0.6) is 0 Å². The summed E-state index contributed by atoms with van der Waals surface area (Å²) in [5.74, 6) is -0.888. The minimum Gasteiger partial charge on any atom is -0.457 e. The van der Waals surface area contributed by atoms with E-state index in [4.69, 9.17) is 9.15 Å². The summed E-state index contributed by atoms with van der Waals surface area (Å²) in [4.78, 5) is 30.0. The van der Waals surface area contributed by atoms with E-state index in [1.807, 2.05) is 31.2 Å². The Balaban J connectivity index is 1.63. The number of nitrogens with zero attached hydrogens (tertiary/aromatic N) is 2. The summed E-state index contributed by atoms with van der Waals surface area (Å²) >= 11 is 1.55. The van der Waals surface area contributed by atoms with E-state index in [0.29, 0.717) is 0 Å². The standard InChI is InChI=1S/C17H16N2O4S/c1-11(16-18-12-6-3-4-8-14(12)24-16)19(2)15(20)10-23-17(21)13-7-5-9-22-13/h3-9,11H,10H2,1-2H3/t11-/m0/s1. The van der Waals surface area contributed by atoms with Crippen LogP contribution >= 0.6 is 11.3 Å². The van der Waals surface area contributed by atoms with Gasteiger partial charge < -0.3 is 14.1 Å². The molecule has 1 aromatic carbocycles. The van der Waals surface area contributed by atoms with Crippen LogP contribution in [0.2, 0.25) is 0 Å². The first kappa shape index (κ1) is 16.2. The third-order valence-electron chi connectivity index (χ3n) is 3.69. The van der Waals surface area contributed by atoms with E-state index >= 15 is 0 Å². The molecular weight excluding hydrogens is 328 g/mol. The molecule has 0 spiro atoms. The third kappa shape index (κ3) is 3.30. The van der Waals surface area contributed by atoms with Gasteiger partial charge >= 0.3 is 5.97 Å². The van der Waals surface area contributed by atoms with Gasteiger partial charge in [0.15, 0.2) is 6.61 Å². The largest absolute Gasteiger partial charge is 0.457 e. The maximum Gasteiger partial charge on any atom is 0.374 e. The van der Waals surface area contributed by atoms with Gasteiger partial charge in [-0.3, -0.25) is 4.79 Å². The Kier molecular flexibility index (Phi) is 4.61.